The van der Waals surface area contributed by atoms with Crippen LogP contribution in [0.15, 0.2) is 42.5 Å². The van der Waals surface area contributed by atoms with Crippen LogP contribution in [-0.2, 0) is 16.0 Å². The van der Waals surface area contributed by atoms with Gasteiger partial charge in [0.25, 0.3) is 0 Å². The fourth-order valence-electron chi connectivity index (χ4n) is 3.29. The maximum atomic E-state index is 12.6. The molecule has 0 spiro atoms. The van der Waals surface area contributed by atoms with Crippen molar-refractivity contribution in [2.24, 2.45) is 11.1 Å². The molecule has 1 saturated heterocycles. The lowest BCUT2D eigenvalue weighted by atomic mass is 9.79. The number of fused-ring (bicyclic) bond motifs is 1. The summed E-state index contributed by atoms with van der Waals surface area (Å²) in [6, 6.07) is 14.7. The van der Waals surface area contributed by atoms with Crippen molar-refractivity contribution in [1.29, 1.82) is 0 Å². The number of hydrogen-bond acceptors (Lipinski definition) is 3. The Bertz CT molecular complexity index is 679. The van der Waals surface area contributed by atoms with Gasteiger partial charge in [0.15, 0.2) is 0 Å². The third-order valence-corrected chi connectivity index (χ3v) is 4.88. The second-order valence-electron chi connectivity index (χ2n) is 6.24. The Balaban J connectivity index is 0.00000208. The Labute approximate surface area is 149 Å². The average molecular weight is 349 g/mol. The number of carbonyl (C=O) groups excluding carboxylic acids is 1. The van der Waals surface area contributed by atoms with E-state index in [-0.39, 0.29) is 18.3 Å². The van der Waals surface area contributed by atoms with E-state index in [0.717, 1.165) is 6.42 Å². The molecule has 130 valence electrons. The molecule has 0 unspecified atom stereocenters. The summed E-state index contributed by atoms with van der Waals surface area (Å²) < 4.78 is 5.36. The lowest BCUT2D eigenvalue weighted by molar-refractivity contribution is -0.135. The van der Waals surface area contributed by atoms with Crippen molar-refractivity contribution in [3.63, 3.8) is 0 Å². The number of rotatable bonds is 5. The Hall–Kier alpha value is -1.62. The van der Waals surface area contributed by atoms with Crippen LogP contribution in [0.5, 0.6) is 0 Å². The smallest absolute Gasteiger partial charge is 0.227 e. The molecular formula is C19H25ClN2O2. The van der Waals surface area contributed by atoms with E-state index < -0.39 is 5.41 Å². The summed E-state index contributed by atoms with van der Waals surface area (Å²) in [4.78, 5) is 12.6. The highest BCUT2D eigenvalue weighted by Gasteiger charge is 2.38. The van der Waals surface area contributed by atoms with Crippen molar-refractivity contribution >= 4 is 29.1 Å². The summed E-state index contributed by atoms with van der Waals surface area (Å²) >= 11 is 0. The van der Waals surface area contributed by atoms with Crippen LogP contribution in [0, 0.1) is 5.41 Å². The standard InChI is InChI=1S/C19H24N2O2.ClH/c20-14-19(9-12-23-13-10-19)18(22)21-11-8-16-6-3-5-15-4-1-2-7-17(15)16;/h1-7H,8-14,20H2,(H,21,22);1H. The number of halogens is 1. The van der Waals surface area contributed by atoms with Crippen molar-refractivity contribution in [1.82, 2.24) is 5.32 Å². The highest BCUT2D eigenvalue weighted by Crippen LogP contribution is 2.29. The number of amides is 1. The van der Waals surface area contributed by atoms with Gasteiger partial charge in [-0.25, -0.2) is 0 Å². The maximum absolute atomic E-state index is 12.6. The van der Waals surface area contributed by atoms with Gasteiger partial charge >= 0.3 is 0 Å². The first-order valence-electron chi connectivity index (χ1n) is 8.28. The lowest BCUT2D eigenvalue weighted by Crippen LogP contribution is -2.49. The summed E-state index contributed by atoms with van der Waals surface area (Å²) in [5.41, 5.74) is 6.69. The third kappa shape index (κ3) is 3.89. The fraction of sp³-hybridized carbons (Fsp3) is 0.421. The van der Waals surface area contributed by atoms with Crippen molar-refractivity contribution < 1.29 is 9.53 Å². The Morgan fingerprint density at radius 3 is 2.58 bits per heavy atom. The molecule has 0 bridgehead atoms. The molecule has 4 nitrogen and oxygen atoms in total. The van der Waals surface area contributed by atoms with Gasteiger partial charge in [-0.3, -0.25) is 4.79 Å². The van der Waals surface area contributed by atoms with E-state index in [1.165, 1.54) is 16.3 Å². The topological polar surface area (TPSA) is 64.4 Å². The zero-order chi connectivity index (χ0) is 16.1. The van der Waals surface area contributed by atoms with E-state index in [1.807, 2.05) is 6.07 Å². The van der Waals surface area contributed by atoms with E-state index >= 15 is 0 Å². The molecule has 1 aliphatic heterocycles. The second-order valence-corrected chi connectivity index (χ2v) is 6.24. The Morgan fingerprint density at radius 1 is 1.12 bits per heavy atom. The first-order chi connectivity index (χ1) is 11.2. The molecule has 3 rings (SSSR count). The summed E-state index contributed by atoms with van der Waals surface area (Å²) in [6.07, 6.45) is 2.25. The summed E-state index contributed by atoms with van der Waals surface area (Å²) in [6.45, 7) is 2.26. The van der Waals surface area contributed by atoms with Crippen LogP contribution < -0.4 is 11.1 Å². The molecule has 0 atom stereocenters. The molecular weight excluding hydrogens is 324 g/mol. The minimum Gasteiger partial charge on any atom is -0.381 e. The van der Waals surface area contributed by atoms with E-state index in [0.29, 0.717) is 39.1 Å². The zero-order valence-corrected chi connectivity index (χ0v) is 14.6. The van der Waals surface area contributed by atoms with Gasteiger partial charge in [0.2, 0.25) is 5.91 Å². The van der Waals surface area contributed by atoms with E-state index in [4.69, 9.17) is 10.5 Å². The van der Waals surface area contributed by atoms with Crippen LogP contribution in [0.3, 0.4) is 0 Å². The van der Waals surface area contributed by atoms with Gasteiger partial charge in [0, 0.05) is 26.3 Å². The van der Waals surface area contributed by atoms with E-state index in [2.05, 4.69) is 41.7 Å². The van der Waals surface area contributed by atoms with E-state index in [9.17, 15) is 4.79 Å². The zero-order valence-electron chi connectivity index (χ0n) is 13.8. The molecule has 0 saturated carbocycles. The quantitative estimate of drug-likeness (QED) is 0.873. The minimum absolute atomic E-state index is 0. The summed E-state index contributed by atoms with van der Waals surface area (Å²) in [5.74, 6) is 0.0727. The molecule has 1 heterocycles. The summed E-state index contributed by atoms with van der Waals surface area (Å²) in [5, 5.41) is 5.57. The van der Waals surface area contributed by atoms with Crippen LogP contribution >= 0.6 is 12.4 Å². The predicted molar refractivity (Wildman–Crippen MR) is 99.5 cm³/mol. The lowest BCUT2D eigenvalue weighted by Gasteiger charge is -2.34. The number of nitrogens with two attached hydrogens (primary N) is 1. The van der Waals surface area contributed by atoms with Gasteiger partial charge in [-0.15, -0.1) is 12.4 Å². The fourth-order valence-corrected chi connectivity index (χ4v) is 3.29. The molecule has 2 aromatic carbocycles. The monoisotopic (exact) mass is 348 g/mol. The van der Waals surface area contributed by atoms with Gasteiger partial charge in [-0.05, 0) is 35.6 Å². The van der Waals surface area contributed by atoms with Crippen LogP contribution in [0.2, 0.25) is 0 Å². The van der Waals surface area contributed by atoms with Crippen LogP contribution in [0.25, 0.3) is 10.8 Å². The van der Waals surface area contributed by atoms with Gasteiger partial charge in [0.1, 0.15) is 0 Å². The maximum Gasteiger partial charge on any atom is 0.227 e. The van der Waals surface area contributed by atoms with Crippen LogP contribution in [0.1, 0.15) is 18.4 Å². The largest absolute Gasteiger partial charge is 0.381 e. The van der Waals surface area contributed by atoms with Crippen LogP contribution in [0.4, 0.5) is 0 Å². The number of nitrogens with one attached hydrogen (secondary N) is 1. The first kappa shape index (κ1) is 18.7. The molecule has 2 aromatic rings. The highest BCUT2D eigenvalue weighted by molar-refractivity contribution is 5.86. The van der Waals surface area contributed by atoms with E-state index in [1.54, 1.807) is 0 Å². The number of ether oxygens (including phenoxy) is 1. The molecule has 1 fully saturated rings. The number of carbonyl (C=O) groups is 1. The van der Waals surface area contributed by atoms with Gasteiger partial charge in [-0.2, -0.15) is 0 Å². The molecule has 24 heavy (non-hydrogen) atoms. The molecule has 0 radical (unpaired) electrons. The first-order valence-corrected chi connectivity index (χ1v) is 8.28. The molecule has 5 heteroatoms. The summed E-state index contributed by atoms with van der Waals surface area (Å²) in [7, 11) is 0. The Morgan fingerprint density at radius 2 is 1.83 bits per heavy atom. The van der Waals surface area contributed by atoms with Crippen molar-refractivity contribution in [2.75, 3.05) is 26.3 Å². The molecule has 1 amide bonds. The highest BCUT2D eigenvalue weighted by atomic mass is 35.5. The van der Waals surface area contributed by atoms with Crippen LogP contribution in [-0.4, -0.2) is 32.2 Å². The second kappa shape index (κ2) is 8.47. The van der Waals surface area contributed by atoms with Crippen molar-refractivity contribution in [3.8, 4) is 0 Å². The predicted octanol–water partition coefficient (Wildman–Crippen LogP) is 2.68. The number of hydrogen-bond donors (Lipinski definition) is 2. The Kier molecular flexibility index (Phi) is 6.60. The molecule has 1 aliphatic rings. The van der Waals surface area contributed by atoms with Gasteiger partial charge < -0.3 is 15.8 Å². The molecule has 3 N–H and O–H groups in total. The average Bonchev–Trinajstić information content (AvgIpc) is 2.62. The van der Waals surface area contributed by atoms with Gasteiger partial charge in [-0.1, -0.05) is 42.5 Å². The number of benzene rings is 2. The van der Waals surface area contributed by atoms with Crippen molar-refractivity contribution in [2.45, 2.75) is 19.3 Å². The minimum atomic E-state index is -0.447. The van der Waals surface area contributed by atoms with Gasteiger partial charge in [0.05, 0.1) is 5.41 Å². The van der Waals surface area contributed by atoms with Crippen molar-refractivity contribution in [3.05, 3.63) is 48.0 Å². The molecule has 0 aromatic heterocycles. The third-order valence-electron chi connectivity index (χ3n) is 4.88. The SMILES string of the molecule is Cl.NCC1(C(=O)NCCc2cccc3ccccc23)CCOCC1. The normalized spacial score (nSPS) is 16.4. The molecule has 0 aliphatic carbocycles.